The van der Waals surface area contributed by atoms with Gasteiger partial charge in [0.2, 0.25) is 0 Å². The van der Waals surface area contributed by atoms with E-state index in [-0.39, 0.29) is 5.69 Å². The van der Waals surface area contributed by atoms with Crippen molar-refractivity contribution in [3.63, 3.8) is 0 Å². The van der Waals surface area contributed by atoms with Crippen LogP contribution in [-0.4, -0.2) is 25.7 Å². The lowest BCUT2D eigenvalue weighted by Gasteiger charge is -2.23. The van der Waals surface area contributed by atoms with Crippen molar-refractivity contribution in [1.82, 2.24) is 9.55 Å². The molecule has 0 radical (unpaired) electrons. The highest BCUT2D eigenvalue weighted by atomic mass is 16.4. The number of rotatable bonds is 4. The zero-order valence-electron chi connectivity index (χ0n) is 9.19. The second-order valence-corrected chi connectivity index (χ2v) is 3.94. The zero-order valence-corrected chi connectivity index (χ0v) is 9.19. The molecular formula is C10H16N2O3. The largest absolute Gasteiger partial charge is 0.477 e. The smallest absolute Gasteiger partial charge is 0.354 e. The van der Waals surface area contributed by atoms with Crippen molar-refractivity contribution in [2.24, 2.45) is 0 Å². The molecule has 2 N–H and O–H groups in total. The quantitative estimate of drug-likeness (QED) is 0.786. The molecule has 0 aliphatic heterocycles. The van der Waals surface area contributed by atoms with Crippen LogP contribution >= 0.6 is 0 Å². The minimum atomic E-state index is -1.24. The van der Waals surface area contributed by atoms with Crippen molar-refractivity contribution in [2.45, 2.75) is 39.3 Å². The summed E-state index contributed by atoms with van der Waals surface area (Å²) in [7, 11) is 0. The fraction of sp³-hybridized carbons (Fsp3) is 0.600. The highest BCUT2D eigenvalue weighted by Crippen LogP contribution is 2.18. The van der Waals surface area contributed by atoms with E-state index < -0.39 is 11.7 Å². The van der Waals surface area contributed by atoms with Gasteiger partial charge in [0.05, 0.1) is 6.20 Å². The minimum absolute atomic E-state index is 0.0194. The highest BCUT2D eigenvalue weighted by Gasteiger charge is 2.25. The third kappa shape index (κ3) is 2.36. The number of aliphatic hydroxyl groups is 1. The Morgan fingerprint density at radius 3 is 2.60 bits per heavy atom. The van der Waals surface area contributed by atoms with Crippen LogP contribution in [0, 0.1) is 0 Å². The second kappa shape index (κ2) is 4.02. The first-order chi connectivity index (χ1) is 6.88. The number of carbonyl (C=O) groups is 1. The van der Waals surface area contributed by atoms with E-state index in [1.165, 1.54) is 10.8 Å². The molecule has 1 aromatic heterocycles. The van der Waals surface area contributed by atoms with Crippen molar-refractivity contribution in [2.75, 3.05) is 0 Å². The van der Waals surface area contributed by atoms with Gasteiger partial charge in [-0.3, -0.25) is 4.57 Å². The Morgan fingerprint density at radius 1 is 1.60 bits per heavy atom. The molecule has 84 valence electrons. The molecule has 0 unspecified atom stereocenters. The Kier molecular flexibility index (Phi) is 3.14. The Balaban J connectivity index is 3.27. The molecule has 5 heteroatoms. The standard InChI is InChI=1S/C10H16N2O3/c1-4-5-8-11-6-7(9(13)14)12(8)10(2,3)15/h6,15H,4-5H2,1-3H3,(H,13,14). The van der Waals surface area contributed by atoms with Crippen molar-refractivity contribution in [3.05, 3.63) is 17.7 Å². The van der Waals surface area contributed by atoms with Gasteiger partial charge in [0, 0.05) is 6.42 Å². The molecule has 1 heterocycles. The van der Waals surface area contributed by atoms with E-state index in [9.17, 15) is 9.90 Å². The van der Waals surface area contributed by atoms with E-state index in [1.54, 1.807) is 13.8 Å². The number of nitrogens with zero attached hydrogens (tertiary/aromatic N) is 2. The molecule has 0 fully saturated rings. The fourth-order valence-corrected chi connectivity index (χ4v) is 1.55. The van der Waals surface area contributed by atoms with Gasteiger partial charge in [-0.15, -0.1) is 0 Å². The van der Waals surface area contributed by atoms with Crippen molar-refractivity contribution < 1.29 is 15.0 Å². The van der Waals surface area contributed by atoms with E-state index in [2.05, 4.69) is 4.98 Å². The number of carboxylic acids is 1. The lowest BCUT2D eigenvalue weighted by Crippen LogP contribution is -2.30. The SMILES string of the molecule is CCCc1ncc(C(=O)O)n1C(C)(C)O. The summed E-state index contributed by atoms with van der Waals surface area (Å²) in [6.07, 6.45) is 2.79. The Bertz CT molecular complexity index is 363. The Morgan fingerprint density at radius 2 is 2.20 bits per heavy atom. The number of hydrogen-bond donors (Lipinski definition) is 2. The Labute approximate surface area is 88.4 Å². The van der Waals surface area contributed by atoms with Gasteiger partial charge in [-0.1, -0.05) is 6.92 Å². The van der Waals surface area contributed by atoms with Gasteiger partial charge in [0.15, 0.2) is 0 Å². The number of aryl methyl sites for hydroxylation is 1. The summed E-state index contributed by atoms with van der Waals surface area (Å²) in [4.78, 5) is 14.9. The van der Waals surface area contributed by atoms with E-state index in [0.29, 0.717) is 12.2 Å². The highest BCUT2D eigenvalue weighted by molar-refractivity contribution is 5.85. The van der Waals surface area contributed by atoms with Crippen LogP contribution in [0.3, 0.4) is 0 Å². The average molecular weight is 212 g/mol. The molecule has 0 amide bonds. The fourth-order valence-electron chi connectivity index (χ4n) is 1.55. The molecule has 0 saturated heterocycles. The number of hydrogen-bond acceptors (Lipinski definition) is 3. The van der Waals surface area contributed by atoms with Gasteiger partial charge in [0.25, 0.3) is 0 Å². The van der Waals surface area contributed by atoms with Gasteiger partial charge >= 0.3 is 5.97 Å². The molecule has 0 bridgehead atoms. The van der Waals surface area contributed by atoms with Crippen LogP contribution < -0.4 is 0 Å². The summed E-state index contributed by atoms with van der Waals surface area (Å²) in [5.41, 5.74) is -1.22. The van der Waals surface area contributed by atoms with Crippen LogP contribution in [0.4, 0.5) is 0 Å². The lowest BCUT2D eigenvalue weighted by molar-refractivity contribution is -0.00490. The number of imidazole rings is 1. The monoisotopic (exact) mass is 212 g/mol. The van der Waals surface area contributed by atoms with Crippen molar-refractivity contribution in [3.8, 4) is 0 Å². The molecule has 0 aliphatic carbocycles. The van der Waals surface area contributed by atoms with Crippen LogP contribution in [0.15, 0.2) is 6.20 Å². The third-order valence-electron chi connectivity index (χ3n) is 2.07. The number of carboxylic acid groups (broad SMARTS) is 1. The van der Waals surface area contributed by atoms with E-state index in [4.69, 9.17) is 5.11 Å². The summed E-state index contributed by atoms with van der Waals surface area (Å²) in [6, 6.07) is 0. The molecular weight excluding hydrogens is 196 g/mol. The first-order valence-electron chi connectivity index (χ1n) is 4.90. The first kappa shape index (κ1) is 11.7. The number of aromatic nitrogens is 2. The zero-order chi connectivity index (χ0) is 11.6. The molecule has 0 saturated carbocycles. The molecule has 15 heavy (non-hydrogen) atoms. The van der Waals surface area contributed by atoms with E-state index >= 15 is 0 Å². The molecule has 0 aromatic carbocycles. The van der Waals surface area contributed by atoms with Crippen LogP contribution in [0.1, 0.15) is 43.5 Å². The van der Waals surface area contributed by atoms with Crippen LogP contribution in [-0.2, 0) is 12.1 Å². The van der Waals surface area contributed by atoms with Crippen LogP contribution in [0.2, 0.25) is 0 Å². The molecule has 1 rings (SSSR count). The summed E-state index contributed by atoms with van der Waals surface area (Å²) < 4.78 is 1.36. The van der Waals surface area contributed by atoms with Gasteiger partial charge in [-0.25, -0.2) is 9.78 Å². The summed E-state index contributed by atoms with van der Waals surface area (Å²) >= 11 is 0. The lowest BCUT2D eigenvalue weighted by atomic mass is 10.2. The molecule has 0 aliphatic rings. The third-order valence-corrected chi connectivity index (χ3v) is 2.07. The van der Waals surface area contributed by atoms with E-state index in [0.717, 1.165) is 6.42 Å². The summed E-state index contributed by atoms with van der Waals surface area (Å²) in [5.74, 6) is -0.477. The predicted molar refractivity (Wildman–Crippen MR) is 54.7 cm³/mol. The summed E-state index contributed by atoms with van der Waals surface area (Å²) in [5, 5.41) is 18.8. The number of aromatic carboxylic acids is 1. The maximum atomic E-state index is 10.9. The predicted octanol–water partition coefficient (Wildman–Crippen LogP) is 1.22. The first-order valence-corrected chi connectivity index (χ1v) is 4.90. The van der Waals surface area contributed by atoms with Crippen molar-refractivity contribution >= 4 is 5.97 Å². The van der Waals surface area contributed by atoms with Crippen LogP contribution in [0.5, 0.6) is 0 Å². The topological polar surface area (TPSA) is 75.3 Å². The molecule has 5 nitrogen and oxygen atoms in total. The van der Waals surface area contributed by atoms with E-state index in [1.807, 2.05) is 6.92 Å². The molecule has 0 atom stereocenters. The normalized spacial score (nSPS) is 11.7. The van der Waals surface area contributed by atoms with Crippen LogP contribution in [0.25, 0.3) is 0 Å². The summed E-state index contributed by atoms with van der Waals surface area (Å²) in [6.45, 7) is 5.06. The Hall–Kier alpha value is -1.36. The minimum Gasteiger partial charge on any atom is -0.477 e. The van der Waals surface area contributed by atoms with Gasteiger partial charge in [-0.2, -0.15) is 0 Å². The van der Waals surface area contributed by atoms with Crippen molar-refractivity contribution in [1.29, 1.82) is 0 Å². The van der Waals surface area contributed by atoms with Gasteiger partial charge in [0.1, 0.15) is 17.2 Å². The molecule has 1 aromatic rings. The maximum absolute atomic E-state index is 10.9. The average Bonchev–Trinajstić information content (AvgIpc) is 2.47. The second-order valence-electron chi connectivity index (χ2n) is 3.94. The van der Waals surface area contributed by atoms with Gasteiger partial charge < -0.3 is 10.2 Å². The maximum Gasteiger partial charge on any atom is 0.354 e. The molecule has 0 spiro atoms. The van der Waals surface area contributed by atoms with Gasteiger partial charge in [-0.05, 0) is 20.3 Å².